The van der Waals surface area contributed by atoms with E-state index in [1.807, 2.05) is 24.3 Å². The highest BCUT2D eigenvalue weighted by molar-refractivity contribution is 5.94. The number of rotatable bonds is 4. The van der Waals surface area contributed by atoms with E-state index in [9.17, 15) is 4.79 Å². The molecule has 2 heterocycles. The Morgan fingerprint density at radius 3 is 2.92 bits per heavy atom. The number of nitrogens with one attached hydrogen (secondary N) is 1. The van der Waals surface area contributed by atoms with E-state index >= 15 is 0 Å². The first kappa shape index (κ1) is 15.7. The first-order valence-corrected chi connectivity index (χ1v) is 7.87. The van der Waals surface area contributed by atoms with Crippen LogP contribution in [0.5, 0.6) is 11.5 Å². The molecule has 0 aliphatic carbocycles. The Morgan fingerprint density at radius 2 is 2.04 bits per heavy atom. The first-order chi connectivity index (χ1) is 12.7. The largest absolute Gasteiger partial charge is 0.454 e. The fraction of sp³-hybridized carbons (Fsp3) is 0.105. The average molecular weight is 347 g/mol. The molecule has 7 heteroatoms. The molecule has 4 rings (SSSR count). The quantitative estimate of drug-likeness (QED) is 0.779. The van der Waals surface area contributed by atoms with E-state index in [1.54, 1.807) is 24.3 Å². The molecule has 0 atom stereocenters. The van der Waals surface area contributed by atoms with Gasteiger partial charge >= 0.3 is 0 Å². The van der Waals surface area contributed by atoms with Crippen molar-refractivity contribution in [2.24, 2.45) is 0 Å². The van der Waals surface area contributed by atoms with Crippen molar-refractivity contribution in [2.75, 3.05) is 6.79 Å². The molecule has 0 spiro atoms. The van der Waals surface area contributed by atoms with Crippen LogP contribution in [0.4, 0.5) is 0 Å². The summed E-state index contributed by atoms with van der Waals surface area (Å²) < 4.78 is 16.0. The summed E-state index contributed by atoms with van der Waals surface area (Å²) >= 11 is 0. The zero-order valence-electron chi connectivity index (χ0n) is 13.6. The third-order valence-electron chi connectivity index (χ3n) is 3.90. The SMILES string of the molecule is N#Cc1cccc(C(=O)NCc2cc(-c3ccc4c(c3)OCO4)on2)c1. The molecule has 0 saturated heterocycles. The number of benzene rings is 2. The first-order valence-electron chi connectivity index (χ1n) is 7.87. The minimum Gasteiger partial charge on any atom is -0.454 e. The topological polar surface area (TPSA) is 97.4 Å². The average Bonchev–Trinajstić information content (AvgIpc) is 3.34. The van der Waals surface area contributed by atoms with Crippen molar-refractivity contribution in [3.05, 3.63) is 65.4 Å². The maximum atomic E-state index is 12.2. The van der Waals surface area contributed by atoms with Gasteiger partial charge in [-0.25, -0.2) is 0 Å². The van der Waals surface area contributed by atoms with Crippen LogP contribution in [-0.2, 0) is 6.54 Å². The molecule has 1 aromatic heterocycles. The second-order valence-electron chi connectivity index (χ2n) is 5.63. The predicted molar refractivity (Wildman–Crippen MR) is 90.4 cm³/mol. The molecule has 3 aromatic rings. The lowest BCUT2D eigenvalue weighted by Gasteiger charge is -2.02. The van der Waals surface area contributed by atoms with Crippen LogP contribution in [0.15, 0.2) is 53.1 Å². The minimum atomic E-state index is -0.283. The van der Waals surface area contributed by atoms with E-state index in [0.29, 0.717) is 34.1 Å². The second-order valence-corrected chi connectivity index (χ2v) is 5.63. The van der Waals surface area contributed by atoms with Crippen LogP contribution in [0, 0.1) is 11.3 Å². The molecule has 0 bridgehead atoms. The van der Waals surface area contributed by atoms with Gasteiger partial charge in [-0.15, -0.1) is 0 Å². The highest BCUT2D eigenvalue weighted by Gasteiger charge is 2.16. The Labute approximate surface area is 148 Å². The summed E-state index contributed by atoms with van der Waals surface area (Å²) in [4.78, 5) is 12.2. The zero-order valence-corrected chi connectivity index (χ0v) is 13.6. The number of nitriles is 1. The monoisotopic (exact) mass is 347 g/mol. The number of ether oxygens (including phenoxy) is 2. The van der Waals surface area contributed by atoms with Crippen LogP contribution >= 0.6 is 0 Å². The maximum Gasteiger partial charge on any atom is 0.251 e. The Kier molecular flexibility index (Phi) is 4.00. The van der Waals surface area contributed by atoms with Crippen molar-refractivity contribution in [1.82, 2.24) is 10.5 Å². The van der Waals surface area contributed by atoms with Crippen molar-refractivity contribution in [3.63, 3.8) is 0 Å². The highest BCUT2D eigenvalue weighted by Crippen LogP contribution is 2.35. The van der Waals surface area contributed by atoms with E-state index in [1.165, 1.54) is 6.07 Å². The fourth-order valence-corrected chi connectivity index (χ4v) is 2.58. The summed E-state index contributed by atoms with van der Waals surface area (Å²) in [6.45, 7) is 0.420. The molecule has 7 nitrogen and oxygen atoms in total. The van der Waals surface area contributed by atoms with E-state index in [0.717, 1.165) is 5.56 Å². The summed E-state index contributed by atoms with van der Waals surface area (Å²) in [5, 5.41) is 15.6. The van der Waals surface area contributed by atoms with Crippen molar-refractivity contribution < 1.29 is 18.8 Å². The van der Waals surface area contributed by atoms with Crippen LogP contribution in [0.1, 0.15) is 21.6 Å². The van der Waals surface area contributed by atoms with Crippen molar-refractivity contribution in [1.29, 1.82) is 5.26 Å². The number of hydrogen-bond donors (Lipinski definition) is 1. The lowest BCUT2D eigenvalue weighted by molar-refractivity contribution is 0.0950. The Balaban J connectivity index is 1.44. The number of carbonyl (C=O) groups is 1. The van der Waals surface area contributed by atoms with Gasteiger partial charge in [0.25, 0.3) is 5.91 Å². The van der Waals surface area contributed by atoms with Crippen LogP contribution in [-0.4, -0.2) is 17.9 Å². The molecule has 0 saturated carbocycles. The summed E-state index contributed by atoms with van der Waals surface area (Å²) in [7, 11) is 0. The molecule has 1 aliphatic heterocycles. The third-order valence-corrected chi connectivity index (χ3v) is 3.90. The summed E-state index contributed by atoms with van der Waals surface area (Å²) in [5.74, 6) is 1.64. The van der Waals surface area contributed by atoms with Gasteiger partial charge in [0.05, 0.1) is 18.2 Å². The standard InChI is InChI=1S/C19H13N3O4/c20-9-12-2-1-3-14(6-12)19(23)21-10-15-8-17(26-22-15)13-4-5-16-18(7-13)25-11-24-16/h1-8H,10-11H2,(H,21,23). The molecule has 1 N–H and O–H groups in total. The van der Waals surface area contributed by atoms with Crippen LogP contribution in [0.3, 0.4) is 0 Å². The van der Waals surface area contributed by atoms with Gasteiger partial charge in [-0.2, -0.15) is 5.26 Å². The zero-order chi connectivity index (χ0) is 17.9. The molecule has 1 amide bonds. The number of aromatic nitrogens is 1. The summed E-state index contributed by atoms with van der Waals surface area (Å²) in [6, 6.07) is 15.7. The number of fused-ring (bicyclic) bond motifs is 1. The van der Waals surface area contributed by atoms with E-state index in [4.69, 9.17) is 19.3 Å². The van der Waals surface area contributed by atoms with Gasteiger partial charge in [0.2, 0.25) is 6.79 Å². The molecule has 0 fully saturated rings. The van der Waals surface area contributed by atoms with Crippen LogP contribution < -0.4 is 14.8 Å². The number of carbonyl (C=O) groups excluding carboxylic acids is 1. The highest BCUT2D eigenvalue weighted by atomic mass is 16.7. The molecule has 1 aliphatic rings. The van der Waals surface area contributed by atoms with E-state index in [2.05, 4.69) is 10.5 Å². The van der Waals surface area contributed by atoms with Gasteiger partial charge in [0.1, 0.15) is 5.69 Å². The van der Waals surface area contributed by atoms with E-state index in [-0.39, 0.29) is 19.2 Å². The lowest BCUT2D eigenvalue weighted by Crippen LogP contribution is -2.22. The number of hydrogen-bond acceptors (Lipinski definition) is 6. The van der Waals surface area contributed by atoms with Gasteiger partial charge in [0.15, 0.2) is 17.3 Å². The molecule has 26 heavy (non-hydrogen) atoms. The van der Waals surface area contributed by atoms with Gasteiger partial charge in [-0.1, -0.05) is 11.2 Å². The van der Waals surface area contributed by atoms with Gasteiger partial charge in [-0.05, 0) is 36.4 Å². The predicted octanol–water partition coefficient (Wildman–Crippen LogP) is 2.87. The minimum absolute atomic E-state index is 0.208. The molecular formula is C19H13N3O4. The number of amides is 1. The number of nitrogens with zero attached hydrogens (tertiary/aromatic N) is 2. The second kappa shape index (κ2) is 6.61. The Bertz CT molecular complexity index is 1020. The van der Waals surface area contributed by atoms with Crippen LogP contribution in [0.25, 0.3) is 11.3 Å². The van der Waals surface area contributed by atoms with Crippen molar-refractivity contribution in [3.8, 4) is 28.9 Å². The fourth-order valence-electron chi connectivity index (χ4n) is 2.58. The molecule has 0 unspecified atom stereocenters. The van der Waals surface area contributed by atoms with Gasteiger partial charge < -0.3 is 19.3 Å². The Hall–Kier alpha value is -3.79. The molecule has 128 valence electrons. The van der Waals surface area contributed by atoms with E-state index < -0.39 is 0 Å². The summed E-state index contributed by atoms with van der Waals surface area (Å²) in [6.07, 6.45) is 0. The van der Waals surface area contributed by atoms with Crippen molar-refractivity contribution >= 4 is 5.91 Å². The van der Waals surface area contributed by atoms with Crippen LogP contribution in [0.2, 0.25) is 0 Å². The molecule has 2 aromatic carbocycles. The molecule has 0 radical (unpaired) electrons. The smallest absolute Gasteiger partial charge is 0.251 e. The summed E-state index contributed by atoms with van der Waals surface area (Å²) in [5.41, 5.74) is 2.25. The lowest BCUT2D eigenvalue weighted by atomic mass is 10.1. The van der Waals surface area contributed by atoms with Gasteiger partial charge in [0, 0.05) is 17.2 Å². The normalized spacial score (nSPS) is 11.8. The molecular weight excluding hydrogens is 334 g/mol. The third kappa shape index (κ3) is 3.08. The Morgan fingerprint density at radius 1 is 1.15 bits per heavy atom. The van der Waals surface area contributed by atoms with Gasteiger partial charge in [-0.3, -0.25) is 4.79 Å². The maximum absolute atomic E-state index is 12.2. The van der Waals surface area contributed by atoms with Crippen molar-refractivity contribution in [2.45, 2.75) is 6.54 Å².